The van der Waals surface area contributed by atoms with E-state index in [-0.39, 0.29) is 12.2 Å². The number of alkyl halides is 3. The first-order chi connectivity index (χ1) is 10.3. The number of carboxylic acid groups (broad SMARTS) is 1. The number of aliphatic carboxylic acids is 1. The van der Waals surface area contributed by atoms with Crippen LogP contribution in [0.5, 0.6) is 5.75 Å². The average Bonchev–Trinajstić information content (AvgIpc) is 2.44. The molecule has 0 fully saturated rings. The van der Waals surface area contributed by atoms with Gasteiger partial charge in [-0.25, -0.2) is 0 Å². The summed E-state index contributed by atoms with van der Waals surface area (Å²) in [7, 11) is 0. The fourth-order valence-corrected chi connectivity index (χ4v) is 2.03. The maximum absolute atomic E-state index is 12.2. The molecule has 0 aliphatic heterocycles. The Labute approximate surface area is 125 Å². The van der Waals surface area contributed by atoms with Gasteiger partial charge in [-0.1, -0.05) is 36.4 Å². The van der Waals surface area contributed by atoms with Gasteiger partial charge in [0.1, 0.15) is 5.75 Å². The van der Waals surface area contributed by atoms with Crippen molar-refractivity contribution in [3.05, 3.63) is 54.1 Å². The molecular formula is C16H13F3O3. The van der Waals surface area contributed by atoms with E-state index in [1.165, 1.54) is 18.2 Å². The lowest BCUT2D eigenvalue weighted by Gasteiger charge is -2.10. The molecule has 116 valence electrons. The smallest absolute Gasteiger partial charge is 0.481 e. The lowest BCUT2D eigenvalue weighted by atomic mass is 10.0. The van der Waals surface area contributed by atoms with Crippen molar-refractivity contribution < 1.29 is 27.8 Å². The summed E-state index contributed by atoms with van der Waals surface area (Å²) in [6.45, 7) is 0. The predicted octanol–water partition coefficient (Wildman–Crippen LogP) is 4.27. The Kier molecular flexibility index (Phi) is 4.70. The number of benzene rings is 2. The molecule has 2 rings (SSSR count). The zero-order chi connectivity index (χ0) is 16.2. The minimum atomic E-state index is -4.73. The molecule has 6 heteroatoms. The molecule has 0 saturated heterocycles. The van der Waals surface area contributed by atoms with Gasteiger partial charge in [0.25, 0.3) is 0 Å². The van der Waals surface area contributed by atoms with Crippen LogP contribution in [0.2, 0.25) is 0 Å². The number of hydrogen-bond acceptors (Lipinski definition) is 2. The first kappa shape index (κ1) is 15.9. The van der Waals surface area contributed by atoms with E-state index in [2.05, 4.69) is 4.74 Å². The standard InChI is InChI=1S/C16H13F3O3/c17-16(18,19)22-14-6-2-5-13(10-14)12-4-1-3-11(9-12)7-8-15(20)21/h1-6,9-10H,7-8H2,(H,20,21). The molecule has 0 spiro atoms. The van der Waals surface area contributed by atoms with Crippen LogP contribution in [0.1, 0.15) is 12.0 Å². The van der Waals surface area contributed by atoms with Crippen LogP contribution in [0.25, 0.3) is 11.1 Å². The summed E-state index contributed by atoms with van der Waals surface area (Å²) in [6.07, 6.45) is -4.37. The Balaban J connectivity index is 2.22. The summed E-state index contributed by atoms with van der Waals surface area (Å²) >= 11 is 0. The van der Waals surface area contributed by atoms with Gasteiger partial charge in [0.2, 0.25) is 0 Å². The Hall–Kier alpha value is -2.50. The predicted molar refractivity (Wildman–Crippen MR) is 74.5 cm³/mol. The molecule has 0 radical (unpaired) electrons. The third-order valence-electron chi connectivity index (χ3n) is 2.96. The number of carboxylic acids is 1. The van der Waals surface area contributed by atoms with Crippen molar-refractivity contribution >= 4 is 5.97 Å². The monoisotopic (exact) mass is 310 g/mol. The van der Waals surface area contributed by atoms with E-state index in [4.69, 9.17) is 5.11 Å². The number of ether oxygens (including phenoxy) is 1. The van der Waals surface area contributed by atoms with Gasteiger partial charge in [-0.05, 0) is 35.2 Å². The molecule has 1 N–H and O–H groups in total. The van der Waals surface area contributed by atoms with Crippen molar-refractivity contribution in [2.24, 2.45) is 0 Å². The molecule has 0 unspecified atom stereocenters. The van der Waals surface area contributed by atoms with Crippen molar-refractivity contribution in [1.82, 2.24) is 0 Å². The minimum Gasteiger partial charge on any atom is -0.481 e. The Bertz CT molecular complexity index is 666. The van der Waals surface area contributed by atoms with Crippen LogP contribution in [0.4, 0.5) is 13.2 Å². The van der Waals surface area contributed by atoms with E-state index in [1.54, 1.807) is 30.3 Å². The number of aryl methyl sites for hydroxylation is 1. The molecule has 22 heavy (non-hydrogen) atoms. The van der Waals surface area contributed by atoms with Gasteiger partial charge in [-0.15, -0.1) is 13.2 Å². The average molecular weight is 310 g/mol. The first-order valence-electron chi connectivity index (χ1n) is 6.50. The zero-order valence-corrected chi connectivity index (χ0v) is 11.4. The SMILES string of the molecule is O=C(O)CCc1cccc(-c2cccc(OC(F)(F)F)c2)c1. The van der Waals surface area contributed by atoms with Gasteiger partial charge < -0.3 is 9.84 Å². The summed E-state index contributed by atoms with van der Waals surface area (Å²) in [5.41, 5.74) is 2.08. The maximum atomic E-state index is 12.2. The number of carbonyl (C=O) groups is 1. The number of rotatable bonds is 5. The van der Waals surface area contributed by atoms with E-state index in [9.17, 15) is 18.0 Å². The van der Waals surface area contributed by atoms with Crippen molar-refractivity contribution in [1.29, 1.82) is 0 Å². The van der Waals surface area contributed by atoms with Gasteiger partial charge >= 0.3 is 12.3 Å². The lowest BCUT2D eigenvalue weighted by Crippen LogP contribution is -2.17. The maximum Gasteiger partial charge on any atom is 0.573 e. The molecule has 3 nitrogen and oxygen atoms in total. The largest absolute Gasteiger partial charge is 0.573 e. The van der Waals surface area contributed by atoms with Crippen LogP contribution < -0.4 is 4.74 Å². The molecule has 0 amide bonds. The molecule has 0 saturated carbocycles. The Morgan fingerprint density at radius 2 is 1.68 bits per heavy atom. The van der Waals surface area contributed by atoms with Crippen molar-refractivity contribution in [3.63, 3.8) is 0 Å². The summed E-state index contributed by atoms with van der Waals surface area (Å²) < 4.78 is 40.6. The third-order valence-corrected chi connectivity index (χ3v) is 2.96. The highest BCUT2D eigenvalue weighted by molar-refractivity contribution is 5.68. The second-order valence-corrected chi connectivity index (χ2v) is 4.67. The molecule has 0 aliphatic rings. The fraction of sp³-hybridized carbons (Fsp3) is 0.188. The topological polar surface area (TPSA) is 46.5 Å². The molecule has 2 aromatic carbocycles. The highest BCUT2D eigenvalue weighted by Gasteiger charge is 2.31. The lowest BCUT2D eigenvalue weighted by molar-refractivity contribution is -0.274. The molecule has 2 aromatic rings. The van der Waals surface area contributed by atoms with E-state index in [1.807, 2.05) is 0 Å². The normalized spacial score (nSPS) is 11.2. The Morgan fingerprint density at radius 3 is 2.32 bits per heavy atom. The van der Waals surface area contributed by atoms with Crippen molar-refractivity contribution in [2.45, 2.75) is 19.2 Å². The quantitative estimate of drug-likeness (QED) is 0.897. The highest BCUT2D eigenvalue weighted by Crippen LogP contribution is 2.28. The van der Waals surface area contributed by atoms with Gasteiger partial charge in [0.05, 0.1) is 0 Å². The molecule has 0 aliphatic carbocycles. The molecule has 0 bridgehead atoms. The summed E-state index contributed by atoms with van der Waals surface area (Å²) in [5, 5.41) is 8.68. The summed E-state index contributed by atoms with van der Waals surface area (Å²) in [4.78, 5) is 10.6. The van der Waals surface area contributed by atoms with Gasteiger partial charge in [0, 0.05) is 6.42 Å². The molecule has 0 atom stereocenters. The second kappa shape index (κ2) is 6.51. The van der Waals surface area contributed by atoms with Crippen LogP contribution >= 0.6 is 0 Å². The van der Waals surface area contributed by atoms with Crippen molar-refractivity contribution in [2.75, 3.05) is 0 Å². The van der Waals surface area contributed by atoms with E-state index in [0.29, 0.717) is 17.5 Å². The fourth-order valence-electron chi connectivity index (χ4n) is 2.03. The van der Waals surface area contributed by atoms with Crippen molar-refractivity contribution in [3.8, 4) is 16.9 Å². The van der Waals surface area contributed by atoms with E-state index < -0.39 is 12.3 Å². The number of halogens is 3. The first-order valence-corrected chi connectivity index (χ1v) is 6.50. The van der Waals surface area contributed by atoms with E-state index in [0.717, 1.165) is 5.56 Å². The zero-order valence-electron chi connectivity index (χ0n) is 11.4. The third kappa shape index (κ3) is 4.80. The van der Waals surface area contributed by atoms with Crippen LogP contribution in [-0.2, 0) is 11.2 Å². The van der Waals surface area contributed by atoms with Crippen LogP contribution in [0.3, 0.4) is 0 Å². The molecular weight excluding hydrogens is 297 g/mol. The molecule has 0 heterocycles. The van der Waals surface area contributed by atoms with E-state index >= 15 is 0 Å². The highest BCUT2D eigenvalue weighted by atomic mass is 19.4. The van der Waals surface area contributed by atoms with Gasteiger partial charge in [-0.3, -0.25) is 4.79 Å². The van der Waals surface area contributed by atoms with Crippen LogP contribution in [-0.4, -0.2) is 17.4 Å². The minimum absolute atomic E-state index is 0.000672. The van der Waals surface area contributed by atoms with Crippen LogP contribution in [0.15, 0.2) is 48.5 Å². The summed E-state index contributed by atoms with van der Waals surface area (Å²) in [5.74, 6) is -1.19. The number of hydrogen-bond donors (Lipinski definition) is 1. The second-order valence-electron chi connectivity index (χ2n) is 4.67. The molecule has 0 aromatic heterocycles. The summed E-state index contributed by atoms with van der Waals surface area (Å²) in [6, 6.07) is 12.7. The van der Waals surface area contributed by atoms with Gasteiger partial charge in [0.15, 0.2) is 0 Å². The van der Waals surface area contributed by atoms with Crippen LogP contribution in [0, 0.1) is 0 Å². The van der Waals surface area contributed by atoms with Gasteiger partial charge in [-0.2, -0.15) is 0 Å². The Morgan fingerprint density at radius 1 is 1.05 bits per heavy atom.